The van der Waals surface area contributed by atoms with Gasteiger partial charge in [0, 0.05) is 23.1 Å². The number of hydrogen-bond acceptors (Lipinski definition) is 7. The molecule has 4 aromatic rings. The lowest BCUT2D eigenvalue weighted by Crippen LogP contribution is -2.41. The summed E-state index contributed by atoms with van der Waals surface area (Å²) in [6, 6.07) is 9.47. The van der Waals surface area contributed by atoms with Gasteiger partial charge in [-0.15, -0.1) is 5.10 Å². The number of benzene rings is 1. The third-order valence-electron chi connectivity index (χ3n) is 6.19. The molecule has 0 atom stereocenters. The number of aromatic nitrogens is 4. The van der Waals surface area contributed by atoms with Crippen LogP contribution in [0, 0.1) is 0 Å². The van der Waals surface area contributed by atoms with Gasteiger partial charge >= 0.3 is 0 Å². The molecule has 3 aromatic heterocycles. The van der Waals surface area contributed by atoms with E-state index in [1.54, 1.807) is 16.6 Å². The third kappa shape index (κ3) is 3.08. The summed E-state index contributed by atoms with van der Waals surface area (Å²) >= 11 is 0. The molecule has 1 amide bonds. The number of hydrogen-bond donors (Lipinski definition) is 0. The van der Waals surface area contributed by atoms with E-state index in [0.29, 0.717) is 29.5 Å². The summed E-state index contributed by atoms with van der Waals surface area (Å²) in [7, 11) is 0. The van der Waals surface area contributed by atoms with Crippen LogP contribution in [0.1, 0.15) is 48.2 Å². The van der Waals surface area contributed by atoms with Crippen LogP contribution >= 0.6 is 0 Å². The molecule has 0 N–H and O–H groups in total. The Balaban J connectivity index is 1.45. The largest absolute Gasteiger partial charge is 0.459 e. The molecule has 0 bridgehead atoms. The van der Waals surface area contributed by atoms with Crippen molar-refractivity contribution in [3.63, 3.8) is 0 Å². The quantitative estimate of drug-likeness (QED) is 0.499. The van der Waals surface area contributed by atoms with Crippen molar-refractivity contribution < 1.29 is 18.7 Å². The molecule has 0 unspecified atom stereocenters. The molecule has 0 radical (unpaired) electrons. The zero-order valence-electron chi connectivity index (χ0n) is 16.9. The van der Waals surface area contributed by atoms with Crippen LogP contribution in [-0.4, -0.2) is 43.7 Å². The second kappa shape index (κ2) is 7.26. The predicted octanol–water partition coefficient (Wildman–Crippen LogP) is 3.57. The molecule has 1 fully saturated rings. The number of tetrazole rings is 1. The normalized spacial score (nSPS) is 16.3. The number of nitrogens with zero attached hydrogens (tertiary/aromatic N) is 5. The molecule has 1 aromatic carbocycles. The summed E-state index contributed by atoms with van der Waals surface area (Å²) < 4.78 is 18.2. The molecule has 1 aliphatic heterocycles. The monoisotopic (exact) mass is 419 g/mol. The van der Waals surface area contributed by atoms with Crippen molar-refractivity contribution in [3.8, 4) is 11.5 Å². The van der Waals surface area contributed by atoms with E-state index in [1.165, 1.54) is 12.7 Å². The maximum absolute atomic E-state index is 13.3. The predicted molar refractivity (Wildman–Crippen MR) is 110 cm³/mol. The van der Waals surface area contributed by atoms with Crippen LogP contribution in [-0.2, 0) is 6.54 Å². The molecule has 2 aliphatic rings. The highest BCUT2D eigenvalue weighted by atomic mass is 16.7. The van der Waals surface area contributed by atoms with Gasteiger partial charge in [0.1, 0.15) is 0 Å². The minimum atomic E-state index is -0.103. The Morgan fingerprint density at radius 1 is 1.13 bits per heavy atom. The third-order valence-corrected chi connectivity index (χ3v) is 6.19. The lowest BCUT2D eigenvalue weighted by Gasteiger charge is -2.34. The standard InChI is InChI=1S/C22H21N5O4/c28-22(18-7-4-8-29-18)26(16-5-2-1-3-6-16)12-15-9-14-10-19-20(31-13-30-19)11-17(14)27-21(15)23-24-25-27/h4,7-11,16H,1-3,5-6,12-13H2. The summed E-state index contributed by atoms with van der Waals surface area (Å²) in [5.41, 5.74) is 2.33. The van der Waals surface area contributed by atoms with E-state index in [1.807, 2.05) is 23.1 Å². The van der Waals surface area contributed by atoms with Gasteiger partial charge in [0.25, 0.3) is 5.91 Å². The van der Waals surface area contributed by atoms with Crippen molar-refractivity contribution in [1.82, 2.24) is 24.9 Å². The molecule has 4 heterocycles. The van der Waals surface area contributed by atoms with Crippen LogP contribution in [0.25, 0.3) is 16.6 Å². The number of pyridine rings is 1. The Labute approximate surface area is 177 Å². The average Bonchev–Trinajstić information content (AvgIpc) is 3.57. The molecule has 1 saturated carbocycles. The number of carbonyl (C=O) groups is 1. The zero-order valence-corrected chi connectivity index (χ0v) is 16.9. The molecule has 9 nitrogen and oxygen atoms in total. The van der Waals surface area contributed by atoms with Gasteiger partial charge in [0.05, 0.1) is 18.3 Å². The number of rotatable bonds is 4. The molecule has 158 valence electrons. The Morgan fingerprint density at radius 3 is 2.77 bits per heavy atom. The van der Waals surface area contributed by atoms with Crippen LogP contribution in [0.2, 0.25) is 0 Å². The van der Waals surface area contributed by atoms with Gasteiger partial charge in [-0.25, -0.2) is 0 Å². The Morgan fingerprint density at radius 2 is 1.97 bits per heavy atom. The van der Waals surface area contributed by atoms with E-state index >= 15 is 0 Å². The maximum atomic E-state index is 13.3. The molecule has 31 heavy (non-hydrogen) atoms. The number of fused-ring (bicyclic) bond motifs is 4. The first kappa shape index (κ1) is 18.2. The van der Waals surface area contributed by atoms with Crippen molar-refractivity contribution in [2.24, 2.45) is 0 Å². The van der Waals surface area contributed by atoms with Gasteiger partial charge in [-0.05, 0) is 47.5 Å². The fraction of sp³-hybridized carbons (Fsp3) is 0.364. The van der Waals surface area contributed by atoms with Crippen LogP contribution < -0.4 is 9.47 Å². The van der Waals surface area contributed by atoms with Crippen molar-refractivity contribution in [2.75, 3.05) is 6.79 Å². The van der Waals surface area contributed by atoms with E-state index in [0.717, 1.165) is 42.1 Å². The highest BCUT2D eigenvalue weighted by molar-refractivity contribution is 5.92. The minimum Gasteiger partial charge on any atom is -0.459 e. The second-order valence-electron chi connectivity index (χ2n) is 8.05. The van der Waals surface area contributed by atoms with Gasteiger partial charge in [0.2, 0.25) is 6.79 Å². The van der Waals surface area contributed by atoms with Gasteiger partial charge < -0.3 is 18.8 Å². The molecular formula is C22H21N5O4. The second-order valence-corrected chi connectivity index (χ2v) is 8.05. The Hall–Kier alpha value is -3.62. The smallest absolute Gasteiger partial charge is 0.290 e. The van der Waals surface area contributed by atoms with Crippen LogP contribution in [0.5, 0.6) is 11.5 Å². The van der Waals surface area contributed by atoms with Crippen molar-refractivity contribution in [3.05, 3.63) is 47.9 Å². The van der Waals surface area contributed by atoms with Crippen molar-refractivity contribution in [1.29, 1.82) is 0 Å². The van der Waals surface area contributed by atoms with Gasteiger partial charge in [-0.2, -0.15) is 4.52 Å². The SMILES string of the molecule is O=C(c1ccco1)N(Cc1cc2cc3c(cc2n2nnnc12)OCO3)C1CCCCC1. The molecule has 9 heteroatoms. The minimum absolute atomic E-state index is 0.103. The molecular weight excluding hydrogens is 398 g/mol. The number of furan rings is 1. The molecule has 1 aliphatic carbocycles. The lowest BCUT2D eigenvalue weighted by atomic mass is 9.93. The Bertz CT molecular complexity index is 1260. The molecule has 0 saturated heterocycles. The number of carbonyl (C=O) groups excluding carboxylic acids is 1. The number of amides is 1. The van der Waals surface area contributed by atoms with Crippen LogP contribution in [0.15, 0.2) is 41.0 Å². The topological polar surface area (TPSA) is 95.0 Å². The van der Waals surface area contributed by atoms with Gasteiger partial charge in [0.15, 0.2) is 22.9 Å². The summed E-state index contributed by atoms with van der Waals surface area (Å²) in [5.74, 6) is 1.62. The average molecular weight is 419 g/mol. The highest BCUT2D eigenvalue weighted by Crippen LogP contribution is 2.37. The fourth-order valence-electron chi connectivity index (χ4n) is 4.65. The summed E-state index contributed by atoms with van der Waals surface area (Å²) in [4.78, 5) is 15.3. The molecule has 0 spiro atoms. The first-order valence-corrected chi connectivity index (χ1v) is 10.6. The number of ether oxygens (including phenoxy) is 2. The summed E-state index contributed by atoms with van der Waals surface area (Å²) in [5, 5.41) is 13.2. The lowest BCUT2D eigenvalue weighted by molar-refractivity contribution is 0.0582. The van der Waals surface area contributed by atoms with E-state index < -0.39 is 0 Å². The van der Waals surface area contributed by atoms with Crippen LogP contribution in [0.4, 0.5) is 0 Å². The summed E-state index contributed by atoms with van der Waals surface area (Å²) in [6.07, 6.45) is 6.96. The fourth-order valence-corrected chi connectivity index (χ4v) is 4.65. The van der Waals surface area contributed by atoms with E-state index in [4.69, 9.17) is 13.9 Å². The van der Waals surface area contributed by atoms with Gasteiger partial charge in [-0.3, -0.25) is 4.79 Å². The first-order valence-electron chi connectivity index (χ1n) is 10.6. The van der Waals surface area contributed by atoms with Gasteiger partial charge in [-0.1, -0.05) is 19.3 Å². The van der Waals surface area contributed by atoms with E-state index in [-0.39, 0.29) is 18.7 Å². The van der Waals surface area contributed by atoms with Crippen LogP contribution in [0.3, 0.4) is 0 Å². The zero-order chi connectivity index (χ0) is 20.8. The Kier molecular flexibility index (Phi) is 4.26. The van der Waals surface area contributed by atoms with Crippen molar-refractivity contribution in [2.45, 2.75) is 44.7 Å². The van der Waals surface area contributed by atoms with E-state index in [9.17, 15) is 4.79 Å². The van der Waals surface area contributed by atoms with E-state index in [2.05, 4.69) is 15.5 Å². The van der Waals surface area contributed by atoms with Crippen molar-refractivity contribution >= 4 is 22.5 Å². The highest BCUT2D eigenvalue weighted by Gasteiger charge is 2.29. The summed E-state index contributed by atoms with van der Waals surface area (Å²) in [6.45, 7) is 0.600. The first-order chi connectivity index (χ1) is 15.3. The maximum Gasteiger partial charge on any atom is 0.290 e. The molecule has 6 rings (SSSR count).